The zero-order valence-electron chi connectivity index (χ0n) is 8.78. The molecule has 0 bridgehead atoms. The van der Waals surface area contributed by atoms with Gasteiger partial charge in [0, 0.05) is 5.70 Å². The molecule has 0 saturated heterocycles. The number of hydrogen-bond acceptors (Lipinski definition) is 2. The highest BCUT2D eigenvalue weighted by Crippen LogP contribution is 2.13. The number of benzene rings is 1. The van der Waals surface area contributed by atoms with Gasteiger partial charge in [-0.05, 0) is 39.0 Å². The fourth-order valence-corrected chi connectivity index (χ4v) is 1.73. The first-order valence-electron chi connectivity index (χ1n) is 4.80. The third-order valence-corrected chi connectivity index (χ3v) is 2.15. The zero-order valence-corrected chi connectivity index (χ0v) is 8.78. The quantitative estimate of drug-likeness (QED) is 0.588. The topological polar surface area (TPSA) is 24.7 Å². The van der Waals surface area contributed by atoms with E-state index in [2.05, 4.69) is 29.9 Å². The van der Waals surface area contributed by atoms with Gasteiger partial charge < -0.3 is 0 Å². The van der Waals surface area contributed by atoms with Gasteiger partial charge in [0.2, 0.25) is 0 Å². The minimum Gasteiger partial charge on any atom is -0.273 e. The van der Waals surface area contributed by atoms with Crippen molar-refractivity contribution < 1.29 is 0 Å². The summed E-state index contributed by atoms with van der Waals surface area (Å²) < 4.78 is 0. The summed E-state index contributed by atoms with van der Waals surface area (Å²) in [5.41, 5.74) is 0.879. The lowest BCUT2D eigenvalue weighted by Crippen LogP contribution is -2.27. The van der Waals surface area contributed by atoms with E-state index in [1.54, 1.807) is 0 Å². The summed E-state index contributed by atoms with van der Waals surface area (Å²) in [6, 6.07) is 7.99. The van der Waals surface area contributed by atoms with E-state index in [0.29, 0.717) is 0 Å². The second-order valence-electron chi connectivity index (χ2n) is 4.15. The maximum absolute atomic E-state index is 4.65. The van der Waals surface area contributed by atoms with Crippen molar-refractivity contribution in [2.24, 2.45) is 9.98 Å². The Kier molecular flexibility index (Phi) is 1.99. The van der Waals surface area contributed by atoms with Crippen LogP contribution in [0.5, 0.6) is 0 Å². The molecule has 0 amide bonds. The highest BCUT2D eigenvalue weighted by Gasteiger charge is 2.14. The third-order valence-electron chi connectivity index (χ3n) is 2.15. The first-order chi connectivity index (χ1) is 6.57. The van der Waals surface area contributed by atoms with E-state index < -0.39 is 0 Å². The second-order valence-corrected chi connectivity index (χ2v) is 4.15. The SMILES string of the molecule is CC1=CC(C)(C)N=c2ccccc2=N1. The van der Waals surface area contributed by atoms with E-state index in [1.807, 2.05) is 31.2 Å². The van der Waals surface area contributed by atoms with Gasteiger partial charge in [0.15, 0.2) is 0 Å². The number of rotatable bonds is 0. The number of para-hydroxylation sites is 2. The van der Waals surface area contributed by atoms with Crippen molar-refractivity contribution in [3.63, 3.8) is 0 Å². The van der Waals surface area contributed by atoms with Gasteiger partial charge in [-0.2, -0.15) is 0 Å². The highest BCUT2D eigenvalue weighted by molar-refractivity contribution is 5.14. The number of hydrogen-bond donors (Lipinski definition) is 0. The molecule has 2 heteroatoms. The molecule has 0 N–H and O–H groups in total. The van der Waals surface area contributed by atoms with Crippen LogP contribution in [0.2, 0.25) is 0 Å². The van der Waals surface area contributed by atoms with Crippen molar-refractivity contribution in [2.45, 2.75) is 26.3 Å². The van der Waals surface area contributed by atoms with Crippen molar-refractivity contribution >= 4 is 0 Å². The normalized spacial score (nSPS) is 18.4. The Labute approximate surface area is 83.7 Å². The summed E-state index contributed by atoms with van der Waals surface area (Å²) in [4.78, 5) is 9.15. The molecular formula is C12H14N2. The third kappa shape index (κ3) is 1.74. The monoisotopic (exact) mass is 186 g/mol. The molecule has 1 aliphatic heterocycles. The zero-order chi connectivity index (χ0) is 10.2. The molecule has 0 unspecified atom stereocenters. The highest BCUT2D eigenvalue weighted by atomic mass is 14.9. The van der Waals surface area contributed by atoms with Crippen molar-refractivity contribution in [1.29, 1.82) is 0 Å². The average molecular weight is 186 g/mol. The van der Waals surface area contributed by atoms with Crippen LogP contribution in [0.15, 0.2) is 46.0 Å². The van der Waals surface area contributed by atoms with Gasteiger partial charge in [0.1, 0.15) is 0 Å². The lowest BCUT2D eigenvalue weighted by atomic mass is 10.1. The Hall–Kier alpha value is -1.44. The van der Waals surface area contributed by atoms with Gasteiger partial charge in [0.25, 0.3) is 0 Å². The summed E-state index contributed by atoms with van der Waals surface area (Å²) in [5, 5.41) is 1.94. The largest absolute Gasteiger partial charge is 0.273 e. The van der Waals surface area contributed by atoms with Crippen LogP contribution in [0.4, 0.5) is 0 Å². The van der Waals surface area contributed by atoms with Crippen LogP contribution >= 0.6 is 0 Å². The van der Waals surface area contributed by atoms with Crippen LogP contribution in [-0.4, -0.2) is 5.54 Å². The standard InChI is InChI=1S/C12H14N2/c1-9-8-12(2,3)14-11-7-5-4-6-10(11)13-9/h4-8H,1-3H3. The van der Waals surface area contributed by atoms with Crippen molar-refractivity contribution in [2.75, 3.05) is 0 Å². The second kappa shape index (κ2) is 3.05. The van der Waals surface area contributed by atoms with Gasteiger partial charge in [0.05, 0.1) is 16.3 Å². The minimum atomic E-state index is -0.153. The van der Waals surface area contributed by atoms with Crippen molar-refractivity contribution in [3.8, 4) is 0 Å². The van der Waals surface area contributed by atoms with Gasteiger partial charge in [-0.3, -0.25) is 9.98 Å². The van der Waals surface area contributed by atoms with Crippen LogP contribution in [0.1, 0.15) is 20.8 Å². The van der Waals surface area contributed by atoms with Gasteiger partial charge in [-0.15, -0.1) is 0 Å². The Morgan fingerprint density at radius 1 is 1.07 bits per heavy atom. The summed E-state index contributed by atoms with van der Waals surface area (Å²) >= 11 is 0. The predicted molar refractivity (Wildman–Crippen MR) is 56.6 cm³/mol. The van der Waals surface area contributed by atoms with Crippen LogP contribution in [0, 0.1) is 0 Å². The molecule has 2 nitrogen and oxygen atoms in total. The molecule has 0 saturated carbocycles. The maximum atomic E-state index is 4.65. The van der Waals surface area contributed by atoms with E-state index in [4.69, 9.17) is 0 Å². The van der Waals surface area contributed by atoms with E-state index in [0.717, 1.165) is 16.4 Å². The van der Waals surface area contributed by atoms with E-state index in [1.165, 1.54) is 0 Å². The van der Waals surface area contributed by atoms with Gasteiger partial charge in [-0.25, -0.2) is 0 Å². The first kappa shape index (κ1) is 9.13. The van der Waals surface area contributed by atoms with Crippen LogP contribution in [-0.2, 0) is 0 Å². The molecule has 0 atom stereocenters. The molecule has 1 aliphatic rings. The molecule has 0 aromatic heterocycles. The molecule has 0 radical (unpaired) electrons. The molecule has 72 valence electrons. The minimum absolute atomic E-state index is 0.153. The first-order valence-corrected chi connectivity index (χ1v) is 4.80. The summed E-state index contributed by atoms with van der Waals surface area (Å²) in [6.45, 7) is 6.20. The number of allylic oxidation sites excluding steroid dienone is 1. The summed E-state index contributed by atoms with van der Waals surface area (Å²) in [5.74, 6) is 0. The fourth-order valence-electron chi connectivity index (χ4n) is 1.73. The van der Waals surface area contributed by atoms with E-state index >= 15 is 0 Å². The molecule has 0 fully saturated rings. The lowest BCUT2D eigenvalue weighted by molar-refractivity contribution is 0.634. The lowest BCUT2D eigenvalue weighted by Gasteiger charge is -2.12. The van der Waals surface area contributed by atoms with E-state index in [9.17, 15) is 0 Å². The molecular weight excluding hydrogens is 172 g/mol. The van der Waals surface area contributed by atoms with Gasteiger partial charge >= 0.3 is 0 Å². The predicted octanol–water partition coefficient (Wildman–Crippen LogP) is 1.62. The fraction of sp³-hybridized carbons (Fsp3) is 0.333. The summed E-state index contributed by atoms with van der Waals surface area (Å²) in [6.07, 6.45) is 2.09. The van der Waals surface area contributed by atoms with Crippen LogP contribution < -0.4 is 10.7 Å². The molecule has 2 rings (SSSR count). The van der Waals surface area contributed by atoms with Crippen LogP contribution in [0.3, 0.4) is 0 Å². The van der Waals surface area contributed by atoms with Crippen molar-refractivity contribution in [3.05, 3.63) is 46.8 Å². The summed E-state index contributed by atoms with van der Waals surface area (Å²) in [7, 11) is 0. The van der Waals surface area contributed by atoms with Crippen LogP contribution in [0.25, 0.3) is 0 Å². The Bertz CT molecular complexity index is 495. The Morgan fingerprint density at radius 3 is 2.43 bits per heavy atom. The molecule has 14 heavy (non-hydrogen) atoms. The molecule has 0 aliphatic carbocycles. The molecule has 1 aromatic rings. The smallest absolute Gasteiger partial charge is 0.0885 e. The number of fused-ring (bicyclic) bond motifs is 1. The number of nitrogens with zero attached hydrogens (tertiary/aromatic N) is 2. The van der Waals surface area contributed by atoms with Gasteiger partial charge in [-0.1, -0.05) is 12.1 Å². The molecule has 0 spiro atoms. The van der Waals surface area contributed by atoms with E-state index in [-0.39, 0.29) is 5.54 Å². The molecule has 1 aromatic carbocycles. The molecule has 1 heterocycles. The Balaban J connectivity index is 2.80. The maximum Gasteiger partial charge on any atom is 0.0885 e. The average Bonchev–Trinajstić information content (AvgIpc) is 2.16. The van der Waals surface area contributed by atoms with Crippen molar-refractivity contribution in [1.82, 2.24) is 0 Å². The Morgan fingerprint density at radius 2 is 1.71 bits per heavy atom.